The average Bonchev–Trinajstić information content (AvgIpc) is 2.11. The zero-order valence-electron chi connectivity index (χ0n) is 8.67. The Kier molecular flexibility index (Phi) is 8.01. The van der Waals surface area contributed by atoms with E-state index in [9.17, 15) is 8.42 Å². The largest absolute Gasteiger partial charge is 0.383 e. The molecule has 0 saturated heterocycles. The Bertz CT molecular complexity index is 218. The summed E-state index contributed by atoms with van der Waals surface area (Å²) >= 11 is 0. The highest BCUT2D eigenvalue weighted by Gasteiger charge is 2.04. The van der Waals surface area contributed by atoms with Crippen molar-refractivity contribution in [1.82, 2.24) is 14.8 Å². The number of hydrogen-bond donors (Lipinski definition) is 3. The lowest BCUT2D eigenvalue weighted by atomic mass is 10.6. The minimum atomic E-state index is -3.30. The maximum Gasteiger partial charge on any atom is 0.276 e. The van der Waals surface area contributed by atoms with Gasteiger partial charge in [-0.1, -0.05) is 6.92 Å². The second-order valence-corrected chi connectivity index (χ2v) is 4.22. The van der Waals surface area contributed by atoms with E-state index in [1.165, 1.54) is 0 Å². The van der Waals surface area contributed by atoms with Crippen LogP contribution >= 0.6 is 0 Å². The van der Waals surface area contributed by atoms with Gasteiger partial charge in [-0.3, -0.25) is 0 Å². The Labute approximate surface area is 85.6 Å². The van der Waals surface area contributed by atoms with E-state index in [-0.39, 0.29) is 0 Å². The van der Waals surface area contributed by atoms with Gasteiger partial charge in [0, 0.05) is 33.3 Å². The average molecular weight is 225 g/mol. The number of nitrogens with one attached hydrogen (secondary N) is 3. The number of rotatable bonds is 9. The van der Waals surface area contributed by atoms with Crippen LogP contribution in [0.25, 0.3) is 0 Å². The monoisotopic (exact) mass is 225 g/mol. The molecule has 0 radical (unpaired) electrons. The van der Waals surface area contributed by atoms with Crippen LogP contribution in [0.1, 0.15) is 6.92 Å². The van der Waals surface area contributed by atoms with Crippen molar-refractivity contribution >= 4 is 10.2 Å². The maximum atomic E-state index is 11.0. The molecule has 0 aromatic carbocycles. The minimum absolute atomic E-state index is 0.374. The van der Waals surface area contributed by atoms with Gasteiger partial charge in [0.15, 0.2) is 0 Å². The summed E-state index contributed by atoms with van der Waals surface area (Å²) in [6, 6.07) is 0. The molecule has 0 atom stereocenters. The van der Waals surface area contributed by atoms with Gasteiger partial charge >= 0.3 is 0 Å². The highest BCUT2D eigenvalue weighted by molar-refractivity contribution is 7.87. The third kappa shape index (κ3) is 8.39. The molecule has 0 aliphatic carbocycles. The highest BCUT2D eigenvalue weighted by atomic mass is 32.2. The summed E-state index contributed by atoms with van der Waals surface area (Å²) in [6.07, 6.45) is 0. The van der Waals surface area contributed by atoms with Crippen molar-refractivity contribution in [2.75, 3.05) is 39.9 Å². The molecule has 7 heteroatoms. The lowest BCUT2D eigenvalue weighted by Gasteiger charge is -2.07. The summed E-state index contributed by atoms with van der Waals surface area (Å²) in [7, 11) is -1.68. The molecule has 0 fully saturated rings. The number of methoxy groups -OCH3 is 1. The standard InChI is InChI=1S/C7H19N3O3S/c1-3-9-14(11,12)10-5-4-8-6-7-13-2/h8-10H,3-7H2,1-2H3. The first kappa shape index (κ1) is 13.8. The van der Waals surface area contributed by atoms with E-state index >= 15 is 0 Å². The molecule has 0 aromatic rings. The van der Waals surface area contributed by atoms with E-state index < -0.39 is 10.2 Å². The first-order chi connectivity index (χ1) is 6.62. The lowest BCUT2D eigenvalue weighted by molar-refractivity contribution is 0.199. The summed E-state index contributed by atoms with van der Waals surface area (Å²) in [4.78, 5) is 0. The van der Waals surface area contributed by atoms with Gasteiger partial charge in [0.1, 0.15) is 0 Å². The van der Waals surface area contributed by atoms with Gasteiger partial charge in [0.05, 0.1) is 6.61 Å². The zero-order chi connectivity index (χ0) is 10.9. The van der Waals surface area contributed by atoms with E-state index in [2.05, 4.69) is 14.8 Å². The van der Waals surface area contributed by atoms with Crippen LogP contribution in [-0.2, 0) is 14.9 Å². The Hall–Kier alpha value is -0.210. The van der Waals surface area contributed by atoms with Gasteiger partial charge in [0.25, 0.3) is 10.2 Å². The van der Waals surface area contributed by atoms with Crippen molar-refractivity contribution in [3.8, 4) is 0 Å². The summed E-state index contributed by atoms with van der Waals surface area (Å²) < 4.78 is 31.6. The van der Waals surface area contributed by atoms with Crippen LogP contribution in [0.4, 0.5) is 0 Å². The maximum absolute atomic E-state index is 11.0. The molecular formula is C7H19N3O3S. The van der Waals surface area contributed by atoms with Crippen LogP contribution in [0.5, 0.6) is 0 Å². The summed E-state index contributed by atoms with van der Waals surface area (Å²) in [5.41, 5.74) is 0. The molecular weight excluding hydrogens is 206 g/mol. The van der Waals surface area contributed by atoms with Crippen LogP contribution in [-0.4, -0.2) is 48.3 Å². The van der Waals surface area contributed by atoms with Gasteiger partial charge in [-0.25, -0.2) is 9.44 Å². The second kappa shape index (κ2) is 8.13. The Morgan fingerprint density at radius 2 is 1.86 bits per heavy atom. The third-order valence-electron chi connectivity index (χ3n) is 1.41. The van der Waals surface area contributed by atoms with E-state index in [1.54, 1.807) is 14.0 Å². The highest BCUT2D eigenvalue weighted by Crippen LogP contribution is 1.73. The summed E-state index contributed by atoms with van der Waals surface area (Å²) in [5.74, 6) is 0. The van der Waals surface area contributed by atoms with Crippen molar-refractivity contribution in [2.24, 2.45) is 0 Å². The summed E-state index contributed by atoms with van der Waals surface area (Å²) in [5, 5.41) is 3.02. The van der Waals surface area contributed by atoms with Crippen LogP contribution in [0, 0.1) is 0 Å². The molecule has 14 heavy (non-hydrogen) atoms. The number of ether oxygens (including phenoxy) is 1. The predicted octanol–water partition coefficient (Wildman–Crippen LogP) is -1.33. The SMILES string of the molecule is CCNS(=O)(=O)NCCNCCOC. The molecule has 0 aliphatic rings. The fraction of sp³-hybridized carbons (Fsp3) is 1.00. The first-order valence-electron chi connectivity index (χ1n) is 4.56. The van der Waals surface area contributed by atoms with Gasteiger partial charge in [-0.2, -0.15) is 8.42 Å². The quantitative estimate of drug-likeness (QED) is 0.425. The molecule has 0 aliphatic heterocycles. The van der Waals surface area contributed by atoms with E-state index in [1.807, 2.05) is 0 Å². The van der Waals surface area contributed by atoms with Gasteiger partial charge in [-0.05, 0) is 0 Å². The molecule has 0 unspecified atom stereocenters. The lowest BCUT2D eigenvalue weighted by Crippen LogP contribution is -2.40. The topological polar surface area (TPSA) is 79.5 Å². The van der Waals surface area contributed by atoms with Gasteiger partial charge in [0.2, 0.25) is 0 Å². The van der Waals surface area contributed by atoms with Crippen molar-refractivity contribution in [2.45, 2.75) is 6.92 Å². The fourth-order valence-electron chi connectivity index (χ4n) is 0.814. The van der Waals surface area contributed by atoms with Crippen LogP contribution in [0.15, 0.2) is 0 Å². The summed E-state index contributed by atoms with van der Waals surface area (Å²) in [6.45, 7) is 4.44. The van der Waals surface area contributed by atoms with E-state index in [4.69, 9.17) is 4.74 Å². The second-order valence-electron chi connectivity index (χ2n) is 2.64. The Morgan fingerprint density at radius 3 is 2.43 bits per heavy atom. The van der Waals surface area contributed by atoms with Crippen molar-refractivity contribution in [3.63, 3.8) is 0 Å². The van der Waals surface area contributed by atoms with E-state index in [0.717, 1.165) is 6.54 Å². The molecule has 6 nitrogen and oxygen atoms in total. The van der Waals surface area contributed by atoms with Crippen LogP contribution in [0.2, 0.25) is 0 Å². The van der Waals surface area contributed by atoms with E-state index in [0.29, 0.717) is 26.2 Å². The van der Waals surface area contributed by atoms with Gasteiger partial charge in [-0.15, -0.1) is 0 Å². The normalized spacial score (nSPS) is 11.9. The molecule has 0 heterocycles. The van der Waals surface area contributed by atoms with Crippen LogP contribution in [0.3, 0.4) is 0 Å². The van der Waals surface area contributed by atoms with Crippen molar-refractivity contribution in [3.05, 3.63) is 0 Å². The Morgan fingerprint density at radius 1 is 1.14 bits per heavy atom. The molecule has 0 aromatic heterocycles. The smallest absolute Gasteiger partial charge is 0.276 e. The zero-order valence-corrected chi connectivity index (χ0v) is 9.49. The molecule has 86 valence electrons. The Balaban J connectivity index is 3.35. The molecule has 0 bridgehead atoms. The number of hydrogen-bond acceptors (Lipinski definition) is 4. The van der Waals surface area contributed by atoms with Crippen LogP contribution < -0.4 is 14.8 Å². The molecule has 0 saturated carbocycles. The molecule has 0 spiro atoms. The molecule has 0 rings (SSSR count). The van der Waals surface area contributed by atoms with Crippen molar-refractivity contribution in [1.29, 1.82) is 0 Å². The molecule has 3 N–H and O–H groups in total. The van der Waals surface area contributed by atoms with Gasteiger partial charge < -0.3 is 10.1 Å². The fourth-order valence-corrected chi connectivity index (χ4v) is 1.67. The first-order valence-corrected chi connectivity index (χ1v) is 6.04. The molecule has 0 amide bonds. The predicted molar refractivity (Wildman–Crippen MR) is 55.3 cm³/mol. The minimum Gasteiger partial charge on any atom is -0.383 e. The van der Waals surface area contributed by atoms with Crippen molar-refractivity contribution < 1.29 is 13.2 Å². The third-order valence-corrected chi connectivity index (χ3v) is 2.66.